The number of rotatable bonds is 5. The van der Waals surface area contributed by atoms with Crippen molar-refractivity contribution in [3.63, 3.8) is 0 Å². The van der Waals surface area contributed by atoms with Crippen LogP contribution in [0.1, 0.15) is 5.56 Å². The first-order valence-electron chi connectivity index (χ1n) is 4.57. The van der Waals surface area contributed by atoms with Crippen LogP contribution in [0.3, 0.4) is 0 Å². The maximum Gasteiger partial charge on any atom is 0.150 e. The van der Waals surface area contributed by atoms with Crippen LogP contribution in [0.4, 0.5) is 4.39 Å². The molecule has 0 N–H and O–H groups in total. The van der Waals surface area contributed by atoms with Gasteiger partial charge in [-0.25, -0.2) is 12.8 Å². The van der Waals surface area contributed by atoms with Crippen LogP contribution >= 0.6 is 15.9 Å². The third-order valence-electron chi connectivity index (χ3n) is 1.88. The first-order chi connectivity index (χ1) is 7.42. The lowest BCUT2D eigenvalue weighted by Gasteiger charge is -2.09. The zero-order valence-corrected chi connectivity index (χ0v) is 11.1. The molecule has 0 unspecified atom stereocenters. The van der Waals surface area contributed by atoms with E-state index in [1.54, 1.807) is 0 Å². The van der Waals surface area contributed by atoms with Crippen molar-refractivity contribution < 1.29 is 17.5 Å². The Morgan fingerprint density at radius 3 is 2.69 bits per heavy atom. The van der Waals surface area contributed by atoms with Crippen molar-refractivity contribution in [1.29, 1.82) is 0 Å². The highest BCUT2D eigenvalue weighted by Crippen LogP contribution is 2.22. The van der Waals surface area contributed by atoms with Crippen LogP contribution in [0.5, 0.6) is 5.75 Å². The Balaban J connectivity index is 2.67. The van der Waals surface area contributed by atoms with E-state index >= 15 is 0 Å². The van der Waals surface area contributed by atoms with E-state index in [0.717, 1.165) is 6.26 Å². The minimum Gasteiger partial charge on any atom is -0.492 e. The molecule has 0 amide bonds. The molecule has 0 aliphatic carbocycles. The zero-order valence-electron chi connectivity index (χ0n) is 8.74. The van der Waals surface area contributed by atoms with Crippen LogP contribution in [0.25, 0.3) is 0 Å². The van der Waals surface area contributed by atoms with Gasteiger partial charge in [-0.1, -0.05) is 15.9 Å². The van der Waals surface area contributed by atoms with E-state index in [1.165, 1.54) is 18.2 Å². The van der Waals surface area contributed by atoms with Crippen molar-refractivity contribution in [1.82, 2.24) is 0 Å². The molecule has 0 fully saturated rings. The highest BCUT2D eigenvalue weighted by Gasteiger charge is 2.06. The Hall–Kier alpha value is -0.620. The fraction of sp³-hybridized carbons (Fsp3) is 0.400. The first-order valence-corrected chi connectivity index (χ1v) is 7.75. The van der Waals surface area contributed by atoms with Crippen LogP contribution in [0.15, 0.2) is 18.2 Å². The molecule has 0 aromatic heterocycles. The lowest BCUT2D eigenvalue weighted by Crippen LogP contribution is -2.12. The Kier molecular flexibility index (Phi) is 4.73. The van der Waals surface area contributed by atoms with Crippen molar-refractivity contribution in [2.24, 2.45) is 0 Å². The van der Waals surface area contributed by atoms with Crippen LogP contribution < -0.4 is 4.74 Å². The summed E-state index contributed by atoms with van der Waals surface area (Å²) in [6, 6.07) is 4.13. The van der Waals surface area contributed by atoms with Gasteiger partial charge in [0.15, 0.2) is 9.84 Å². The fourth-order valence-electron chi connectivity index (χ4n) is 1.10. The molecule has 0 bridgehead atoms. The van der Waals surface area contributed by atoms with Gasteiger partial charge in [-0.2, -0.15) is 0 Å². The molecular formula is C10H12BrFO3S. The van der Waals surface area contributed by atoms with Gasteiger partial charge in [0.05, 0.1) is 5.75 Å². The average Bonchev–Trinajstić information content (AvgIpc) is 2.18. The molecule has 16 heavy (non-hydrogen) atoms. The summed E-state index contributed by atoms with van der Waals surface area (Å²) < 4.78 is 39.9. The molecule has 0 aliphatic heterocycles. The summed E-state index contributed by atoms with van der Waals surface area (Å²) in [5.41, 5.74) is 0.661. The standard InChI is InChI=1S/C10H12BrFO3S/c1-16(13,14)5-4-15-10-3-2-9(12)6-8(10)7-11/h2-3,6H,4-5,7H2,1H3. The van der Waals surface area contributed by atoms with Gasteiger partial charge in [0, 0.05) is 17.1 Å². The molecule has 90 valence electrons. The lowest BCUT2D eigenvalue weighted by molar-refractivity contribution is 0.338. The summed E-state index contributed by atoms with van der Waals surface area (Å²) in [7, 11) is -3.03. The van der Waals surface area contributed by atoms with Crippen molar-refractivity contribution >= 4 is 25.8 Å². The van der Waals surface area contributed by atoms with E-state index in [1.807, 2.05) is 0 Å². The van der Waals surface area contributed by atoms with Crippen molar-refractivity contribution in [3.8, 4) is 5.75 Å². The van der Waals surface area contributed by atoms with E-state index in [4.69, 9.17) is 4.74 Å². The molecule has 1 rings (SSSR count). The molecule has 0 heterocycles. The van der Waals surface area contributed by atoms with Crippen LogP contribution in [-0.2, 0) is 15.2 Å². The highest BCUT2D eigenvalue weighted by molar-refractivity contribution is 9.08. The Morgan fingerprint density at radius 2 is 2.12 bits per heavy atom. The van der Waals surface area contributed by atoms with Crippen molar-refractivity contribution in [2.45, 2.75) is 5.33 Å². The molecule has 1 aromatic carbocycles. The highest BCUT2D eigenvalue weighted by atomic mass is 79.9. The average molecular weight is 311 g/mol. The molecule has 6 heteroatoms. The number of ether oxygens (including phenoxy) is 1. The Morgan fingerprint density at radius 1 is 1.44 bits per heavy atom. The molecule has 3 nitrogen and oxygen atoms in total. The van der Waals surface area contributed by atoms with Gasteiger partial charge in [0.2, 0.25) is 0 Å². The number of hydrogen-bond acceptors (Lipinski definition) is 3. The van der Waals surface area contributed by atoms with E-state index in [-0.39, 0.29) is 18.2 Å². The van der Waals surface area contributed by atoms with Gasteiger partial charge in [0.1, 0.15) is 18.2 Å². The summed E-state index contributed by atoms with van der Waals surface area (Å²) in [5, 5.41) is 0.457. The van der Waals surface area contributed by atoms with E-state index < -0.39 is 9.84 Å². The minimum atomic E-state index is -3.03. The first kappa shape index (κ1) is 13.4. The molecule has 0 aliphatic rings. The van der Waals surface area contributed by atoms with Crippen LogP contribution in [0, 0.1) is 5.82 Å². The monoisotopic (exact) mass is 310 g/mol. The topological polar surface area (TPSA) is 43.4 Å². The predicted molar refractivity (Wildman–Crippen MR) is 64.2 cm³/mol. The quantitative estimate of drug-likeness (QED) is 0.783. The summed E-state index contributed by atoms with van der Waals surface area (Å²) in [6.45, 7) is 0.0739. The third kappa shape index (κ3) is 4.49. The Labute approximate surface area is 103 Å². The number of alkyl halides is 1. The second-order valence-corrected chi connectivity index (χ2v) is 6.18. The molecular weight excluding hydrogens is 299 g/mol. The predicted octanol–water partition coefficient (Wildman–Crippen LogP) is 2.14. The number of sulfone groups is 1. The summed E-state index contributed by atoms with van der Waals surface area (Å²) in [5.74, 6) is 0.110. The third-order valence-corrected chi connectivity index (χ3v) is 3.39. The molecule has 0 atom stereocenters. The summed E-state index contributed by atoms with van der Waals surface area (Å²) in [6.07, 6.45) is 1.15. The molecule has 0 saturated carbocycles. The number of halogens is 2. The maximum absolute atomic E-state index is 12.9. The number of benzene rings is 1. The normalized spacial score (nSPS) is 11.4. The smallest absolute Gasteiger partial charge is 0.150 e. The second-order valence-electron chi connectivity index (χ2n) is 3.36. The van der Waals surface area contributed by atoms with Crippen molar-refractivity contribution in [2.75, 3.05) is 18.6 Å². The molecule has 0 radical (unpaired) electrons. The maximum atomic E-state index is 12.9. The van der Waals surface area contributed by atoms with Gasteiger partial charge < -0.3 is 4.74 Å². The lowest BCUT2D eigenvalue weighted by atomic mass is 10.2. The Bertz CT molecular complexity index is 459. The van der Waals surface area contributed by atoms with Gasteiger partial charge in [-0.15, -0.1) is 0 Å². The summed E-state index contributed by atoms with van der Waals surface area (Å²) in [4.78, 5) is 0. The van der Waals surface area contributed by atoms with Gasteiger partial charge in [0.25, 0.3) is 0 Å². The second kappa shape index (κ2) is 5.63. The van der Waals surface area contributed by atoms with Gasteiger partial charge >= 0.3 is 0 Å². The largest absolute Gasteiger partial charge is 0.492 e. The zero-order chi connectivity index (χ0) is 12.2. The minimum absolute atomic E-state index is 0.0495. The number of hydrogen-bond donors (Lipinski definition) is 0. The fourth-order valence-corrected chi connectivity index (χ4v) is 1.92. The van der Waals surface area contributed by atoms with E-state index in [2.05, 4.69) is 15.9 Å². The van der Waals surface area contributed by atoms with Crippen LogP contribution in [0.2, 0.25) is 0 Å². The van der Waals surface area contributed by atoms with Crippen LogP contribution in [-0.4, -0.2) is 27.0 Å². The summed E-state index contributed by atoms with van der Waals surface area (Å²) >= 11 is 3.21. The van der Waals surface area contributed by atoms with Crippen molar-refractivity contribution in [3.05, 3.63) is 29.6 Å². The molecule has 0 spiro atoms. The van der Waals surface area contributed by atoms with E-state index in [0.29, 0.717) is 16.6 Å². The SMILES string of the molecule is CS(=O)(=O)CCOc1ccc(F)cc1CBr. The van der Waals surface area contributed by atoms with E-state index in [9.17, 15) is 12.8 Å². The van der Waals surface area contributed by atoms with Gasteiger partial charge in [-0.3, -0.25) is 0 Å². The molecule has 0 saturated heterocycles. The van der Waals surface area contributed by atoms with Gasteiger partial charge in [-0.05, 0) is 18.2 Å². The molecule has 1 aromatic rings.